The lowest BCUT2D eigenvalue weighted by Gasteiger charge is -2.25. The van der Waals surface area contributed by atoms with Gasteiger partial charge in [-0.05, 0) is 29.2 Å². The number of methoxy groups -OCH3 is 1. The van der Waals surface area contributed by atoms with Crippen molar-refractivity contribution in [1.82, 2.24) is 0 Å². The molecular weight excluding hydrogens is 364 g/mol. The van der Waals surface area contributed by atoms with Gasteiger partial charge in [-0.2, -0.15) is 0 Å². The van der Waals surface area contributed by atoms with Gasteiger partial charge in [-0.1, -0.05) is 51.1 Å². The van der Waals surface area contributed by atoms with Crippen LogP contribution in [0.15, 0.2) is 48.5 Å². The molecule has 0 aliphatic carbocycles. The first-order valence-electron chi connectivity index (χ1n) is 8.54. The van der Waals surface area contributed by atoms with E-state index in [1.807, 2.05) is 24.3 Å². The summed E-state index contributed by atoms with van der Waals surface area (Å²) in [6.45, 7) is 5.80. The minimum Gasteiger partial charge on any atom is -0.495 e. The molecule has 6 nitrogen and oxygen atoms in total. The lowest BCUT2D eigenvalue weighted by molar-refractivity contribution is -0.114. The Morgan fingerprint density at radius 2 is 1.67 bits per heavy atom. The summed E-state index contributed by atoms with van der Waals surface area (Å²) in [6, 6.07) is 14.2. The fourth-order valence-electron chi connectivity index (χ4n) is 2.78. The zero-order valence-corrected chi connectivity index (χ0v) is 17.1. The molecule has 27 heavy (non-hydrogen) atoms. The zero-order chi connectivity index (χ0) is 20.2. The number of hydrogen-bond acceptors (Lipinski definition) is 4. The van der Waals surface area contributed by atoms with E-state index >= 15 is 0 Å². The third-order valence-electron chi connectivity index (χ3n) is 4.05. The quantitative estimate of drug-likeness (QED) is 0.820. The Hall–Kier alpha value is -2.54. The summed E-state index contributed by atoms with van der Waals surface area (Å²) in [5.41, 5.74) is 1.80. The van der Waals surface area contributed by atoms with E-state index in [0.29, 0.717) is 17.1 Å². The lowest BCUT2D eigenvalue weighted by atomic mass is 9.86. The lowest BCUT2D eigenvalue weighted by Crippen LogP contribution is -2.38. The second kappa shape index (κ2) is 8.00. The topological polar surface area (TPSA) is 75.7 Å². The van der Waals surface area contributed by atoms with Gasteiger partial charge in [0.15, 0.2) is 0 Å². The molecule has 1 amide bonds. The molecule has 0 atom stereocenters. The highest BCUT2D eigenvalue weighted by Gasteiger charge is 2.25. The molecule has 146 valence electrons. The van der Waals surface area contributed by atoms with Crippen LogP contribution in [0.3, 0.4) is 0 Å². The minimum absolute atomic E-state index is 0.164. The van der Waals surface area contributed by atoms with Gasteiger partial charge in [0.25, 0.3) is 0 Å². The summed E-state index contributed by atoms with van der Waals surface area (Å²) in [6.07, 6.45) is 1.07. The first-order valence-corrected chi connectivity index (χ1v) is 10.4. The third kappa shape index (κ3) is 5.23. The van der Waals surface area contributed by atoms with Gasteiger partial charge in [0.2, 0.25) is 15.9 Å². The number of carbonyl (C=O) groups is 1. The molecule has 0 unspecified atom stereocenters. The van der Waals surface area contributed by atoms with Crippen LogP contribution in [0.5, 0.6) is 5.75 Å². The number of nitrogens with one attached hydrogen (secondary N) is 1. The van der Waals surface area contributed by atoms with Gasteiger partial charge in [0.1, 0.15) is 12.3 Å². The summed E-state index contributed by atoms with van der Waals surface area (Å²) in [5, 5.41) is 2.84. The van der Waals surface area contributed by atoms with Crippen LogP contribution < -0.4 is 14.4 Å². The molecule has 0 spiro atoms. The zero-order valence-electron chi connectivity index (χ0n) is 16.3. The standard InChI is InChI=1S/C20H26N2O4S/c1-20(2,3)15-10-6-7-11-16(15)21-19(23)14-22(27(5,24)25)17-12-8-9-13-18(17)26-4/h6-13H,14H2,1-5H3,(H,21,23). The molecule has 0 aliphatic rings. The van der Waals surface area contributed by atoms with Crippen LogP contribution in [-0.4, -0.2) is 34.2 Å². The van der Waals surface area contributed by atoms with Gasteiger partial charge in [-0.25, -0.2) is 8.42 Å². The fraction of sp³-hybridized carbons (Fsp3) is 0.350. The van der Waals surface area contributed by atoms with Crippen molar-refractivity contribution in [3.8, 4) is 5.75 Å². The minimum atomic E-state index is -3.68. The second-order valence-electron chi connectivity index (χ2n) is 7.29. The second-order valence-corrected chi connectivity index (χ2v) is 9.19. The highest BCUT2D eigenvalue weighted by Crippen LogP contribution is 2.31. The highest BCUT2D eigenvalue weighted by molar-refractivity contribution is 7.92. The average Bonchev–Trinajstić information content (AvgIpc) is 2.58. The molecule has 0 fully saturated rings. The van der Waals surface area contributed by atoms with E-state index in [1.165, 1.54) is 7.11 Å². The van der Waals surface area contributed by atoms with Crippen molar-refractivity contribution in [1.29, 1.82) is 0 Å². The van der Waals surface area contributed by atoms with Crippen LogP contribution in [-0.2, 0) is 20.2 Å². The summed E-state index contributed by atoms with van der Waals surface area (Å²) >= 11 is 0. The van der Waals surface area contributed by atoms with Gasteiger partial charge in [0.05, 0.1) is 19.1 Å². The Kier molecular flexibility index (Phi) is 6.15. The maximum absolute atomic E-state index is 12.7. The van der Waals surface area contributed by atoms with E-state index in [4.69, 9.17) is 4.74 Å². The predicted octanol–water partition coefficient (Wildman–Crippen LogP) is 3.40. The number of carbonyl (C=O) groups excluding carboxylic acids is 1. The molecule has 0 aromatic heterocycles. The number of nitrogens with zero attached hydrogens (tertiary/aromatic N) is 1. The predicted molar refractivity (Wildman–Crippen MR) is 109 cm³/mol. The Bertz CT molecular complexity index is 918. The molecule has 0 aliphatic heterocycles. The van der Waals surface area contributed by atoms with E-state index in [0.717, 1.165) is 16.1 Å². The van der Waals surface area contributed by atoms with Crippen LogP contribution >= 0.6 is 0 Å². The van der Waals surface area contributed by atoms with Crippen LogP contribution in [0.4, 0.5) is 11.4 Å². The number of anilines is 2. The van der Waals surface area contributed by atoms with Crippen molar-refractivity contribution >= 4 is 27.3 Å². The van der Waals surface area contributed by atoms with Gasteiger partial charge < -0.3 is 10.1 Å². The Labute approximate surface area is 161 Å². The number of ether oxygens (including phenoxy) is 1. The molecule has 0 bridgehead atoms. The van der Waals surface area contributed by atoms with Gasteiger partial charge in [-0.3, -0.25) is 9.10 Å². The smallest absolute Gasteiger partial charge is 0.245 e. The molecule has 2 aromatic rings. The average molecular weight is 391 g/mol. The number of amides is 1. The largest absolute Gasteiger partial charge is 0.495 e. The van der Waals surface area contributed by atoms with E-state index in [-0.39, 0.29) is 12.0 Å². The number of benzene rings is 2. The monoisotopic (exact) mass is 390 g/mol. The van der Waals surface area contributed by atoms with E-state index in [9.17, 15) is 13.2 Å². The molecule has 0 heterocycles. The van der Waals surface area contributed by atoms with E-state index < -0.39 is 15.9 Å². The summed E-state index contributed by atoms with van der Waals surface area (Å²) in [5.74, 6) is -0.0474. The molecule has 0 radical (unpaired) electrons. The third-order valence-corrected chi connectivity index (χ3v) is 5.18. The first kappa shape index (κ1) is 20.8. The molecular formula is C20H26N2O4S. The summed E-state index contributed by atoms with van der Waals surface area (Å²) in [4.78, 5) is 12.7. The molecule has 0 saturated heterocycles. The summed E-state index contributed by atoms with van der Waals surface area (Å²) < 4.78 is 30.9. The van der Waals surface area contributed by atoms with Crippen LogP contribution in [0.1, 0.15) is 26.3 Å². The molecule has 2 aromatic carbocycles. The van der Waals surface area contributed by atoms with Crippen molar-refractivity contribution in [2.75, 3.05) is 29.5 Å². The van der Waals surface area contributed by atoms with Crippen molar-refractivity contribution in [2.45, 2.75) is 26.2 Å². The van der Waals surface area contributed by atoms with E-state index in [2.05, 4.69) is 26.1 Å². The van der Waals surface area contributed by atoms with Crippen LogP contribution in [0.2, 0.25) is 0 Å². The van der Waals surface area contributed by atoms with E-state index in [1.54, 1.807) is 24.3 Å². The molecule has 0 saturated carbocycles. The first-order chi connectivity index (χ1) is 12.5. The van der Waals surface area contributed by atoms with Gasteiger partial charge in [-0.15, -0.1) is 0 Å². The van der Waals surface area contributed by atoms with Crippen molar-refractivity contribution in [3.05, 3.63) is 54.1 Å². The number of para-hydroxylation sites is 3. The van der Waals surface area contributed by atoms with Crippen molar-refractivity contribution in [3.63, 3.8) is 0 Å². The Morgan fingerprint density at radius 3 is 2.26 bits per heavy atom. The van der Waals surface area contributed by atoms with Gasteiger partial charge in [0, 0.05) is 5.69 Å². The number of hydrogen-bond donors (Lipinski definition) is 1. The summed E-state index contributed by atoms with van der Waals surface area (Å²) in [7, 11) is -2.23. The molecule has 7 heteroatoms. The number of rotatable bonds is 6. The number of sulfonamides is 1. The van der Waals surface area contributed by atoms with Crippen LogP contribution in [0.25, 0.3) is 0 Å². The van der Waals surface area contributed by atoms with Gasteiger partial charge >= 0.3 is 0 Å². The Morgan fingerprint density at radius 1 is 1.07 bits per heavy atom. The van der Waals surface area contributed by atoms with Crippen molar-refractivity contribution < 1.29 is 17.9 Å². The normalized spacial score (nSPS) is 11.7. The molecule has 2 rings (SSSR count). The Balaban J connectivity index is 2.32. The van der Waals surface area contributed by atoms with Crippen LogP contribution in [0, 0.1) is 0 Å². The van der Waals surface area contributed by atoms with Crippen molar-refractivity contribution in [2.24, 2.45) is 0 Å². The maximum Gasteiger partial charge on any atom is 0.245 e. The molecule has 1 N–H and O–H groups in total. The SMILES string of the molecule is COc1ccccc1N(CC(=O)Nc1ccccc1C(C)(C)C)S(C)(=O)=O. The highest BCUT2D eigenvalue weighted by atomic mass is 32.2. The fourth-order valence-corrected chi connectivity index (χ4v) is 3.64. The maximum atomic E-state index is 12.7.